The first-order valence-electron chi connectivity index (χ1n) is 6.03. The molecule has 2 atom stereocenters. The van der Waals surface area contributed by atoms with E-state index in [1.807, 2.05) is 0 Å². The van der Waals surface area contributed by atoms with Gasteiger partial charge in [-0.1, -0.05) is 6.92 Å². The van der Waals surface area contributed by atoms with Crippen molar-refractivity contribution >= 4 is 17.1 Å². The topological polar surface area (TPSA) is 38.1 Å². The van der Waals surface area contributed by atoms with Gasteiger partial charge in [0, 0.05) is 12.1 Å². The van der Waals surface area contributed by atoms with Crippen molar-refractivity contribution < 1.29 is 8.81 Å². The van der Waals surface area contributed by atoms with Gasteiger partial charge in [0.05, 0.1) is 0 Å². The van der Waals surface area contributed by atoms with Crippen LogP contribution in [0.1, 0.15) is 26.2 Å². The third kappa shape index (κ3) is 2.12. The highest BCUT2D eigenvalue weighted by Gasteiger charge is 2.22. The van der Waals surface area contributed by atoms with E-state index in [2.05, 4.69) is 17.2 Å². The van der Waals surface area contributed by atoms with Crippen LogP contribution in [0.15, 0.2) is 22.6 Å². The van der Waals surface area contributed by atoms with Gasteiger partial charge >= 0.3 is 0 Å². The molecule has 1 aliphatic rings. The van der Waals surface area contributed by atoms with E-state index < -0.39 is 0 Å². The first-order valence-corrected chi connectivity index (χ1v) is 6.03. The number of aromatic nitrogens is 1. The van der Waals surface area contributed by atoms with E-state index >= 15 is 0 Å². The Morgan fingerprint density at radius 2 is 2.29 bits per heavy atom. The molecule has 3 nitrogen and oxygen atoms in total. The van der Waals surface area contributed by atoms with E-state index in [1.54, 1.807) is 6.07 Å². The lowest BCUT2D eigenvalue weighted by Gasteiger charge is -2.09. The maximum Gasteiger partial charge on any atom is 0.295 e. The lowest BCUT2D eigenvalue weighted by Crippen LogP contribution is -2.15. The Bertz CT molecular complexity index is 537. The first kappa shape index (κ1) is 10.6. The van der Waals surface area contributed by atoms with Crippen LogP contribution in [0.5, 0.6) is 0 Å². The Morgan fingerprint density at radius 3 is 3.06 bits per heavy atom. The molecule has 1 N–H and O–H groups in total. The van der Waals surface area contributed by atoms with Crippen LogP contribution in [-0.2, 0) is 0 Å². The van der Waals surface area contributed by atoms with Crippen molar-refractivity contribution in [3.05, 3.63) is 24.0 Å². The third-order valence-corrected chi connectivity index (χ3v) is 3.37. The molecule has 90 valence electrons. The zero-order valence-corrected chi connectivity index (χ0v) is 9.74. The molecule has 1 fully saturated rings. The molecule has 3 rings (SSSR count). The van der Waals surface area contributed by atoms with Crippen molar-refractivity contribution in [3.63, 3.8) is 0 Å². The molecule has 1 aromatic heterocycles. The maximum absolute atomic E-state index is 13.0. The SMILES string of the molecule is CC1CCC(Nc2nc3cc(F)ccc3o2)C1. The Morgan fingerprint density at radius 1 is 1.41 bits per heavy atom. The number of hydrogen-bond acceptors (Lipinski definition) is 3. The van der Waals surface area contributed by atoms with Gasteiger partial charge in [-0.25, -0.2) is 4.39 Å². The molecular formula is C13H15FN2O. The van der Waals surface area contributed by atoms with Crippen molar-refractivity contribution in [3.8, 4) is 0 Å². The summed E-state index contributed by atoms with van der Waals surface area (Å²) < 4.78 is 18.5. The molecule has 1 aliphatic carbocycles. The molecule has 2 aromatic rings. The molecule has 0 saturated heterocycles. The number of oxazole rings is 1. The van der Waals surface area contributed by atoms with Gasteiger partial charge in [0.1, 0.15) is 11.3 Å². The highest BCUT2D eigenvalue weighted by atomic mass is 19.1. The normalized spacial score (nSPS) is 24.4. The number of hydrogen-bond donors (Lipinski definition) is 1. The molecule has 1 saturated carbocycles. The van der Waals surface area contributed by atoms with Gasteiger partial charge in [0.15, 0.2) is 5.58 Å². The predicted octanol–water partition coefficient (Wildman–Crippen LogP) is 3.57. The van der Waals surface area contributed by atoms with Crippen molar-refractivity contribution in [2.75, 3.05) is 5.32 Å². The van der Waals surface area contributed by atoms with Crippen molar-refractivity contribution in [1.29, 1.82) is 0 Å². The first-order chi connectivity index (χ1) is 8.20. The van der Waals surface area contributed by atoms with Gasteiger partial charge < -0.3 is 9.73 Å². The number of nitrogens with zero attached hydrogens (tertiary/aromatic N) is 1. The zero-order chi connectivity index (χ0) is 11.8. The van der Waals surface area contributed by atoms with Gasteiger partial charge in [-0.05, 0) is 37.3 Å². The number of benzene rings is 1. The molecule has 0 bridgehead atoms. The average Bonchev–Trinajstić information content (AvgIpc) is 2.84. The summed E-state index contributed by atoms with van der Waals surface area (Å²) >= 11 is 0. The summed E-state index contributed by atoms with van der Waals surface area (Å²) in [5.74, 6) is 0.473. The lowest BCUT2D eigenvalue weighted by atomic mass is 10.1. The summed E-state index contributed by atoms with van der Waals surface area (Å²) in [6.07, 6.45) is 3.54. The number of nitrogens with one attached hydrogen (secondary N) is 1. The minimum Gasteiger partial charge on any atom is -0.424 e. The van der Waals surface area contributed by atoms with Crippen LogP contribution >= 0.6 is 0 Å². The lowest BCUT2D eigenvalue weighted by molar-refractivity contribution is 0.576. The Hall–Kier alpha value is -1.58. The van der Waals surface area contributed by atoms with Crippen molar-refractivity contribution in [2.24, 2.45) is 5.92 Å². The number of anilines is 1. The second kappa shape index (κ2) is 4.02. The van der Waals surface area contributed by atoms with E-state index in [0.717, 1.165) is 18.8 Å². The fourth-order valence-corrected chi connectivity index (χ4v) is 2.48. The molecular weight excluding hydrogens is 219 g/mol. The summed E-state index contributed by atoms with van der Waals surface area (Å²) in [7, 11) is 0. The fraction of sp³-hybridized carbons (Fsp3) is 0.462. The molecule has 17 heavy (non-hydrogen) atoms. The number of fused-ring (bicyclic) bond motifs is 1. The quantitative estimate of drug-likeness (QED) is 0.863. The second-order valence-electron chi connectivity index (χ2n) is 4.89. The monoisotopic (exact) mass is 234 g/mol. The van der Waals surface area contributed by atoms with Crippen LogP contribution in [-0.4, -0.2) is 11.0 Å². The average molecular weight is 234 g/mol. The molecule has 0 amide bonds. The number of halogens is 1. The molecule has 1 heterocycles. The fourth-order valence-electron chi connectivity index (χ4n) is 2.48. The highest BCUT2D eigenvalue weighted by molar-refractivity contribution is 5.74. The van der Waals surface area contributed by atoms with Crippen LogP contribution < -0.4 is 5.32 Å². The highest BCUT2D eigenvalue weighted by Crippen LogP contribution is 2.28. The van der Waals surface area contributed by atoms with E-state index in [9.17, 15) is 4.39 Å². The summed E-state index contributed by atoms with van der Waals surface area (Å²) in [4.78, 5) is 4.24. The Labute approximate surface area is 99.0 Å². The standard InChI is InChI=1S/C13H15FN2O/c1-8-2-4-10(6-8)15-13-16-11-7-9(14)3-5-12(11)17-13/h3,5,7-8,10H,2,4,6H2,1H3,(H,15,16). The molecule has 0 spiro atoms. The van der Waals surface area contributed by atoms with E-state index in [0.29, 0.717) is 23.2 Å². The van der Waals surface area contributed by atoms with E-state index in [-0.39, 0.29) is 5.82 Å². The van der Waals surface area contributed by atoms with E-state index in [4.69, 9.17) is 4.42 Å². The zero-order valence-electron chi connectivity index (χ0n) is 9.74. The predicted molar refractivity (Wildman–Crippen MR) is 64.4 cm³/mol. The van der Waals surface area contributed by atoms with Crippen LogP contribution in [0.4, 0.5) is 10.4 Å². The summed E-state index contributed by atoms with van der Waals surface area (Å²) in [5.41, 5.74) is 1.19. The minimum absolute atomic E-state index is 0.285. The van der Waals surface area contributed by atoms with Crippen LogP contribution in [0.25, 0.3) is 11.1 Å². The molecule has 0 radical (unpaired) electrons. The van der Waals surface area contributed by atoms with Gasteiger partial charge in [0.2, 0.25) is 0 Å². The smallest absolute Gasteiger partial charge is 0.295 e. The third-order valence-electron chi connectivity index (χ3n) is 3.37. The Balaban J connectivity index is 1.81. The molecule has 0 aliphatic heterocycles. The van der Waals surface area contributed by atoms with Gasteiger partial charge in [0.25, 0.3) is 6.01 Å². The van der Waals surface area contributed by atoms with Crippen molar-refractivity contribution in [2.45, 2.75) is 32.2 Å². The summed E-state index contributed by atoms with van der Waals surface area (Å²) in [5, 5.41) is 3.28. The van der Waals surface area contributed by atoms with Crippen LogP contribution in [0.3, 0.4) is 0 Å². The molecule has 1 aromatic carbocycles. The van der Waals surface area contributed by atoms with Crippen molar-refractivity contribution in [1.82, 2.24) is 4.98 Å². The largest absolute Gasteiger partial charge is 0.424 e. The summed E-state index contributed by atoms with van der Waals surface area (Å²) in [6, 6.07) is 5.32. The summed E-state index contributed by atoms with van der Waals surface area (Å²) in [6.45, 7) is 2.25. The van der Waals surface area contributed by atoms with Crippen LogP contribution in [0, 0.1) is 11.7 Å². The second-order valence-corrected chi connectivity index (χ2v) is 4.89. The van der Waals surface area contributed by atoms with Crippen LogP contribution in [0.2, 0.25) is 0 Å². The minimum atomic E-state index is -0.285. The van der Waals surface area contributed by atoms with Gasteiger partial charge in [-0.15, -0.1) is 0 Å². The maximum atomic E-state index is 13.0. The molecule has 2 unspecified atom stereocenters. The number of rotatable bonds is 2. The van der Waals surface area contributed by atoms with E-state index in [1.165, 1.54) is 18.6 Å². The van der Waals surface area contributed by atoms with Gasteiger partial charge in [-0.3, -0.25) is 0 Å². The van der Waals surface area contributed by atoms with Gasteiger partial charge in [-0.2, -0.15) is 4.98 Å². The Kier molecular flexibility index (Phi) is 2.50. The molecule has 4 heteroatoms.